The molecule has 0 aromatic heterocycles. The Morgan fingerprint density at radius 1 is 1.25 bits per heavy atom. The van der Waals surface area contributed by atoms with E-state index in [1.807, 2.05) is 7.05 Å². The summed E-state index contributed by atoms with van der Waals surface area (Å²) in [5.41, 5.74) is 0.444. The lowest BCUT2D eigenvalue weighted by atomic mass is 9.97. The molecule has 0 saturated carbocycles. The van der Waals surface area contributed by atoms with Crippen molar-refractivity contribution in [1.29, 1.82) is 0 Å². The summed E-state index contributed by atoms with van der Waals surface area (Å²) >= 11 is 0. The molecule has 0 radical (unpaired) electrons. The zero-order valence-electron chi connectivity index (χ0n) is 10.1. The quantitative estimate of drug-likeness (QED) is 0.814. The van der Waals surface area contributed by atoms with Gasteiger partial charge in [-0.25, -0.2) is 8.78 Å². The highest BCUT2D eigenvalue weighted by Gasteiger charge is 2.14. The van der Waals surface area contributed by atoms with Gasteiger partial charge in [-0.15, -0.1) is 0 Å². The molecule has 90 valence electrons. The summed E-state index contributed by atoms with van der Waals surface area (Å²) in [5.74, 6) is -0.947. The van der Waals surface area contributed by atoms with Crippen LogP contribution in [0.25, 0.3) is 0 Å². The van der Waals surface area contributed by atoms with Crippen molar-refractivity contribution in [2.75, 3.05) is 7.05 Å². The zero-order valence-corrected chi connectivity index (χ0v) is 10.1. The lowest BCUT2D eigenvalue weighted by molar-refractivity contribution is 0.428. The Morgan fingerprint density at radius 3 is 2.50 bits per heavy atom. The number of hydrogen-bond donors (Lipinski definition) is 1. The van der Waals surface area contributed by atoms with Crippen LogP contribution in [0.2, 0.25) is 0 Å². The summed E-state index contributed by atoms with van der Waals surface area (Å²) < 4.78 is 26.4. The van der Waals surface area contributed by atoms with Crippen LogP contribution in [-0.4, -0.2) is 13.1 Å². The number of halogens is 2. The van der Waals surface area contributed by atoms with E-state index in [0.717, 1.165) is 12.5 Å². The third-order valence-corrected chi connectivity index (χ3v) is 2.66. The van der Waals surface area contributed by atoms with Crippen LogP contribution in [0.15, 0.2) is 18.2 Å². The minimum Gasteiger partial charge on any atom is -0.317 e. The maximum absolute atomic E-state index is 13.4. The third kappa shape index (κ3) is 3.56. The molecule has 0 aliphatic carbocycles. The Kier molecular flexibility index (Phi) is 4.87. The Hall–Kier alpha value is -0.960. The first-order valence-corrected chi connectivity index (χ1v) is 5.64. The lowest BCUT2D eigenvalue weighted by Crippen LogP contribution is -2.29. The van der Waals surface area contributed by atoms with E-state index in [4.69, 9.17) is 0 Å². The average molecular weight is 227 g/mol. The van der Waals surface area contributed by atoms with Crippen LogP contribution in [-0.2, 0) is 6.42 Å². The molecule has 3 heteroatoms. The van der Waals surface area contributed by atoms with Gasteiger partial charge in [0.2, 0.25) is 0 Å². The minimum atomic E-state index is -0.767. The van der Waals surface area contributed by atoms with Crippen molar-refractivity contribution in [3.8, 4) is 0 Å². The van der Waals surface area contributed by atoms with E-state index >= 15 is 0 Å². The summed E-state index contributed by atoms with van der Waals surface area (Å²) in [4.78, 5) is 0. The van der Waals surface area contributed by atoms with E-state index in [1.54, 1.807) is 12.1 Å². The third-order valence-electron chi connectivity index (χ3n) is 2.66. The molecule has 16 heavy (non-hydrogen) atoms. The van der Waals surface area contributed by atoms with Crippen LogP contribution in [0.3, 0.4) is 0 Å². The highest BCUT2D eigenvalue weighted by atomic mass is 19.2. The summed E-state index contributed by atoms with van der Waals surface area (Å²) in [6.07, 6.45) is 1.48. The van der Waals surface area contributed by atoms with Crippen LogP contribution in [0.4, 0.5) is 8.78 Å². The summed E-state index contributed by atoms with van der Waals surface area (Å²) in [7, 11) is 1.85. The second-order valence-electron chi connectivity index (χ2n) is 4.53. The Bertz CT molecular complexity index is 337. The van der Waals surface area contributed by atoms with E-state index in [-0.39, 0.29) is 6.04 Å². The largest absolute Gasteiger partial charge is 0.317 e. The lowest BCUT2D eigenvalue weighted by Gasteiger charge is -2.18. The van der Waals surface area contributed by atoms with Crippen LogP contribution in [0.1, 0.15) is 25.8 Å². The van der Waals surface area contributed by atoms with Gasteiger partial charge >= 0.3 is 0 Å². The van der Waals surface area contributed by atoms with Crippen molar-refractivity contribution < 1.29 is 8.78 Å². The molecule has 1 nitrogen and oxygen atoms in total. The van der Waals surface area contributed by atoms with Crippen molar-refractivity contribution in [2.24, 2.45) is 5.92 Å². The fourth-order valence-corrected chi connectivity index (χ4v) is 1.84. The van der Waals surface area contributed by atoms with Gasteiger partial charge in [-0.05, 0) is 37.4 Å². The van der Waals surface area contributed by atoms with Crippen molar-refractivity contribution in [1.82, 2.24) is 5.32 Å². The normalized spacial score (nSPS) is 13.1. The molecule has 0 heterocycles. The number of rotatable bonds is 5. The molecule has 1 atom stereocenters. The summed E-state index contributed by atoms with van der Waals surface area (Å²) in [6.45, 7) is 4.23. The second-order valence-corrected chi connectivity index (χ2v) is 4.53. The number of benzene rings is 1. The van der Waals surface area contributed by atoms with Crippen molar-refractivity contribution in [2.45, 2.75) is 32.7 Å². The maximum atomic E-state index is 13.4. The number of nitrogens with one attached hydrogen (secondary N) is 1. The standard InChI is InChI=1S/C13H19F2N/c1-9(2)7-11(16-3)8-10-5-4-6-12(14)13(10)15/h4-6,9,11,16H,7-8H2,1-3H3. The smallest absolute Gasteiger partial charge is 0.162 e. The van der Waals surface area contributed by atoms with Gasteiger partial charge in [0.25, 0.3) is 0 Å². The van der Waals surface area contributed by atoms with Gasteiger partial charge < -0.3 is 5.32 Å². The fourth-order valence-electron chi connectivity index (χ4n) is 1.84. The van der Waals surface area contributed by atoms with Gasteiger partial charge in [-0.2, -0.15) is 0 Å². The van der Waals surface area contributed by atoms with E-state index in [1.165, 1.54) is 0 Å². The maximum Gasteiger partial charge on any atom is 0.162 e. The molecular weight excluding hydrogens is 208 g/mol. The SMILES string of the molecule is CNC(Cc1cccc(F)c1F)CC(C)C. The molecule has 0 aliphatic rings. The molecular formula is C13H19F2N. The molecule has 0 amide bonds. The van der Waals surface area contributed by atoms with Crippen LogP contribution >= 0.6 is 0 Å². The monoisotopic (exact) mass is 227 g/mol. The molecule has 1 aromatic rings. The Balaban J connectivity index is 2.74. The van der Waals surface area contributed by atoms with E-state index in [2.05, 4.69) is 19.2 Å². The highest BCUT2D eigenvalue weighted by Crippen LogP contribution is 2.16. The van der Waals surface area contributed by atoms with E-state index in [0.29, 0.717) is 17.9 Å². The predicted molar refractivity (Wildman–Crippen MR) is 62.4 cm³/mol. The predicted octanol–water partition coefficient (Wildman–Crippen LogP) is 3.14. The van der Waals surface area contributed by atoms with Crippen LogP contribution in [0, 0.1) is 17.6 Å². The van der Waals surface area contributed by atoms with Gasteiger partial charge in [0.15, 0.2) is 11.6 Å². The second kappa shape index (κ2) is 5.94. The number of hydrogen-bond acceptors (Lipinski definition) is 1. The van der Waals surface area contributed by atoms with Gasteiger partial charge in [0.05, 0.1) is 0 Å². The zero-order chi connectivity index (χ0) is 12.1. The molecule has 0 aliphatic heterocycles. The molecule has 1 N–H and O–H groups in total. The van der Waals surface area contributed by atoms with Gasteiger partial charge in [0, 0.05) is 6.04 Å². The van der Waals surface area contributed by atoms with Gasteiger partial charge in [0.1, 0.15) is 0 Å². The van der Waals surface area contributed by atoms with Crippen molar-refractivity contribution in [3.63, 3.8) is 0 Å². The minimum absolute atomic E-state index is 0.191. The van der Waals surface area contributed by atoms with Gasteiger partial charge in [-0.1, -0.05) is 26.0 Å². The number of likely N-dealkylation sites (N-methyl/N-ethyl adjacent to an activating group) is 1. The molecule has 1 unspecified atom stereocenters. The molecule has 0 bridgehead atoms. The molecule has 0 spiro atoms. The van der Waals surface area contributed by atoms with E-state index in [9.17, 15) is 8.78 Å². The van der Waals surface area contributed by atoms with Gasteiger partial charge in [-0.3, -0.25) is 0 Å². The topological polar surface area (TPSA) is 12.0 Å². The van der Waals surface area contributed by atoms with Crippen LogP contribution < -0.4 is 5.32 Å². The first kappa shape index (κ1) is 13.1. The molecule has 1 rings (SSSR count). The summed E-state index contributed by atoms with van der Waals surface area (Å²) in [5, 5.41) is 3.14. The Labute approximate surface area is 95.9 Å². The molecule has 0 fully saturated rings. The summed E-state index contributed by atoms with van der Waals surface area (Å²) in [6, 6.07) is 4.53. The van der Waals surface area contributed by atoms with Crippen LogP contribution in [0.5, 0.6) is 0 Å². The molecule has 1 aromatic carbocycles. The first-order valence-electron chi connectivity index (χ1n) is 5.64. The highest BCUT2D eigenvalue weighted by molar-refractivity contribution is 5.20. The van der Waals surface area contributed by atoms with E-state index < -0.39 is 11.6 Å². The molecule has 0 saturated heterocycles. The Morgan fingerprint density at radius 2 is 1.94 bits per heavy atom. The average Bonchev–Trinajstić information content (AvgIpc) is 2.23. The van der Waals surface area contributed by atoms with Crippen molar-refractivity contribution >= 4 is 0 Å². The first-order chi connectivity index (χ1) is 7.54. The fraction of sp³-hybridized carbons (Fsp3) is 0.538. The van der Waals surface area contributed by atoms with Crippen molar-refractivity contribution in [3.05, 3.63) is 35.4 Å².